The lowest BCUT2D eigenvalue weighted by Gasteiger charge is -2.34. The summed E-state index contributed by atoms with van der Waals surface area (Å²) in [5.74, 6) is 0.401. The number of nitrogens with zero attached hydrogens (tertiary/aromatic N) is 5. The van der Waals surface area contributed by atoms with Gasteiger partial charge in [-0.3, -0.25) is 14.5 Å². The lowest BCUT2D eigenvalue weighted by atomic mass is 9.94. The molecule has 0 bridgehead atoms. The lowest BCUT2D eigenvalue weighted by molar-refractivity contribution is -0.132. The van der Waals surface area contributed by atoms with Gasteiger partial charge in [-0.25, -0.2) is 4.39 Å². The van der Waals surface area contributed by atoms with E-state index in [9.17, 15) is 14.0 Å². The summed E-state index contributed by atoms with van der Waals surface area (Å²) >= 11 is 0. The van der Waals surface area contributed by atoms with E-state index in [1.165, 1.54) is 31.4 Å². The van der Waals surface area contributed by atoms with E-state index < -0.39 is 5.82 Å². The maximum Gasteiger partial charge on any atom is 0.256 e. The number of carbonyl (C=O) groups excluding carboxylic acids is 2. The minimum Gasteiger partial charge on any atom is -0.343 e. The van der Waals surface area contributed by atoms with Crippen molar-refractivity contribution in [2.75, 3.05) is 33.2 Å². The predicted octanol–water partition coefficient (Wildman–Crippen LogP) is 3.31. The molecule has 2 heterocycles. The molecule has 34 heavy (non-hydrogen) atoms. The van der Waals surface area contributed by atoms with Crippen LogP contribution in [0.3, 0.4) is 0 Å². The van der Waals surface area contributed by atoms with Gasteiger partial charge in [0.25, 0.3) is 5.91 Å². The smallest absolute Gasteiger partial charge is 0.256 e. The minimum absolute atomic E-state index is 0. The molecule has 0 radical (unpaired) electrons. The third kappa shape index (κ3) is 6.54. The quantitative estimate of drug-likeness (QED) is 0.588. The van der Waals surface area contributed by atoms with Crippen molar-refractivity contribution in [2.24, 2.45) is 0 Å². The number of aryl methyl sites for hydroxylation is 1. The van der Waals surface area contributed by atoms with Gasteiger partial charge in [0.05, 0.1) is 12.1 Å². The third-order valence-electron chi connectivity index (χ3n) is 6.71. The first-order valence-corrected chi connectivity index (χ1v) is 11.8. The van der Waals surface area contributed by atoms with Crippen LogP contribution in [0.1, 0.15) is 60.6 Å². The second-order valence-corrected chi connectivity index (χ2v) is 8.95. The zero-order valence-electron chi connectivity index (χ0n) is 19.6. The molecule has 1 aromatic heterocycles. The minimum atomic E-state index is -0.493. The van der Waals surface area contributed by atoms with E-state index in [4.69, 9.17) is 4.52 Å². The van der Waals surface area contributed by atoms with E-state index in [0.29, 0.717) is 63.3 Å². The van der Waals surface area contributed by atoms with Crippen molar-refractivity contribution in [3.63, 3.8) is 0 Å². The first-order valence-electron chi connectivity index (χ1n) is 11.8. The van der Waals surface area contributed by atoms with Gasteiger partial charge in [-0.05, 0) is 25.0 Å². The number of halogens is 2. The summed E-state index contributed by atoms with van der Waals surface area (Å²) < 4.78 is 19.3. The van der Waals surface area contributed by atoms with Gasteiger partial charge in [0, 0.05) is 52.1 Å². The molecule has 1 aliphatic heterocycles. The van der Waals surface area contributed by atoms with Crippen LogP contribution in [-0.2, 0) is 17.8 Å². The molecule has 2 aliphatic rings. The normalized spacial score (nSPS) is 17.3. The molecule has 186 valence electrons. The highest BCUT2D eigenvalue weighted by Crippen LogP contribution is 2.22. The number of amides is 2. The Hall–Kier alpha value is -2.52. The van der Waals surface area contributed by atoms with E-state index in [1.807, 2.05) is 11.9 Å². The number of rotatable bonds is 7. The van der Waals surface area contributed by atoms with Crippen molar-refractivity contribution in [1.82, 2.24) is 24.8 Å². The van der Waals surface area contributed by atoms with Crippen LogP contribution in [-0.4, -0.2) is 75.9 Å². The monoisotopic (exact) mass is 493 g/mol. The molecule has 1 saturated heterocycles. The topological polar surface area (TPSA) is 82.8 Å². The van der Waals surface area contributed by atoms with Gasteiger partial charge in [-0.2, -0.15) is 4.98 Å². The first-order chi connectivity index (χ1) is 16.0. The molecule has 0 unspecified atom stereocenters. The van der Waals surface area contributed by atoms with Crippen molar-refractivity contribution >= 4 is 24.2 Å². The van der Waals surface area contributed by atoms with Crippen LogP contribution in [0.15, 0.2) is 28.8 Å². The molecule has 1 aromatic carbocycles. The van der Waals surface area contributed by atoms with Crippen molar-refractivity contribution in [3.8, 4) is 0 Å². The van der Waals surface area contributed by atoms with Crippen LogP contribution in [0.25, 0.3) is 0 Å². The summed E-state index contributed by atoms with van der Waals surface area (Å²) in [7, 11) is 1.90. The molecule has 1 saturated carbocycles. The molecule has 10 heteroatoms. The fourth-order valence-corrected chi connectivity index (χ4v) is 4.63. The molecule has 0 N–H and O–H groups in total. The molecule has 2 fully saturated rings. The number of hydrogen-bond acceptors (Lipinski definition) is 6. The van der Waals surface area contributed by atoms with Gasteiger partial charge in [0.15, 0.2) is 5.82 Å². The molecule has 0 atom stereocenters. The van der Waals surface area contributed by atoms with Crippen LogP contribution in [0.4, 0.5) is 4.39 Å². The van der Waals surface area contributed by atoms with Crippen molar-refractivity contribution in [1.29, 1.82) is 0 Å². The Balaban J connectivity index is 0.00000324. The van der Waals surface area contributed by atoms with Gasteiger partial charge in [-0.15, -0.1) is 12.4 Å². The maximum absolute atomic E-state index is 13.9. The fourth-order valence-electron chi connectivity index (χ4n) is 4.63. The van der Waals surface area contributed by atoms with Crippen molar-refractivity contribution in [2.45, 2.75) is 57.5 Å². The summed E-state index contributed by atoms with van der Waals surface area (Å²) in [6, 6.07) is 6.42. The van der Waals surface area contributed by atoms with Gasteiger partial charge in [-0.1, -0.05) is 36.6 Å². The Bertz CT molecular complexity index is 958. The van der Waals surface area contributed by atoms with Crippen LogP contribution >= 0.6 is 12.4 Å². The highest BCUT2D eigenvalue weighted by atomic mass is 35.5. The summed E-state index contributed by atoms with van der Waals surface area (Å²) in [4.78, 5) is 35.2. The Morgan fingerprint density at radius 1 is 1.12 bits per heavy atom. The Labute approximate surface area is 205 Å². The highest BCUT2D eigenvalue weighted by Gasteiger charge is 2.25. The summed E-state index contributed by atoms with van der Waals surface area (Å²) in [5.41, 5.74) is 0.109. The molecule has 1 aliphatic carbocycles. The number of piperazine rings is 1. The van der Waals surface area contributed by atoms with Crippen LogP contribution < -0.4 is 0 Å². The molecular weight excluding hydrogens is 461 g/mol. The molecule has 8 nitrogen and oxygen atoms in total. The molecule has 2 aromatic rings. The summed E-state index contributed by atoms with van der Waals surface area (Å²) in [6.45, 7) is 2.84. The van der Waals surface area contributed by atoms with Gasteiger partial charge >= 0.3 is 0 Å². The lowest BCUT2D eigenvalue weighted by Crippen LogP contribution is -2.48. The molecular formula is C24H33ClFN5O3. The molecule has 0 spiro atoms. The van der Waals surface area contributed by atoms with E-state index >= 15 is 0 Å². The largest absolute Gasteiger partial charge is 0.343 e. The van der Waals surface area contributed by atoms with Crippen LogP contribution in [0.5, 0.6) is 0 Å². The predicted molar refractivity (Wildman–Crippen MR) is 127 cm³/mol. The Morgan fingerprint density at radius 2 is 1.82 bits per heavy atom. The number of carbonyl (C=O) groups is 2. The second kappa shape index (κ2) is 12.3. The van der Waals surface area contributed by atoms with Gasteiger partial charge < -0.3 is 14.3 Å². The number of benzene rings is 1. The Kier molecular flexibility index (Phi) is 9.41. The zero-order chi connectivity index (χ0) is 23.2. The average molecular weight is 494 g/mol. The van der Waals surface area contributed by atoms with Crippen molar-refractivity contribution < 1.29 is 18.5 Å². The van der Waals surface area contributed by atoms with Gasteiger partial charge in [0.1, 0.15) is 5.82 Å². The first kappa shape index (κ1) is 26.1. The number of aromatic nitrogens is 2. The van der Waals surface area contributed by atoms with E-state index in [-0.39, 0.29) is 29.8 Å². The molecule has 2 amide bonds. The summed E-state index contributed by atoms with van der Waals surface area (Å²) in [6.07, 6.45) is 6.64. The highest BCUT2D eigenvalue weighted by molar-refractivity contribution is 5.94. The van der Waals surface area contributed by atoms with Crippen LogP contribution in [0.2, 0.25) is 0 Å². The van der Waals surface area contributed by atoms with Crippen molar-refractivity contribution in [3.05, 3.63) is 47.4 Å². The maximum atomic E-state index is 13.9. The second-order valence-electron chi connectivity index (χ2n) is 8.95. The fraction of sp³-hybridized carbons (Fsp3) is 0.583. The number of hydrogen-bond donors (Lipinski definition) is 0. The Morgan fingerprint density at radius 3 is 2.53 bits per heavy atom. The van der Waals surface area contributed by atoms with E-state index in [0.717, 1.165) is 12.8 Å². The third-order valence-corrected chi connectivity index (χ3v) is 6.71. The standard InChI is InChI=1S/C24H32FN5O3.ClH/c1-28(18-7-3-2-4-8-18)23(31)12-11-22-26-21(27-33-22)17-29-13-15-30(16-14-29)24(32)19-9-5-6-10-20(19)25;/h5-6,9-10,18H,2-4,7-8,11-17H2,1H3;1H. The van der Waals surface area contributed by atoms with Gasteiger partial charge in [0.2, 0.25) is 11.8 Å². The van der Waals surface area contributed by atoms with E-state index in [1.54, 1.807) is 17.0 Å². The van der Waals surface area contributed by atoms with Crippen LogP contribution in [0, 0.1) is 5.82 Å². The average Bonchev–Trinajstić information content (AvgIpc) is 3.30. The summed E-state index contributed by atoms with van der Waals surface area (Å²) in [5, 5.41) is 4.05. The van der Waals surface area contributed by atoms with E-state index in [2.05, 4.69) is 15.0 Å². The zero-order valence-corrected chi connectivity index (χ0v) is 20.4. The SMILES string of the molecule is CN(C(=O)CCc1nc(CN2CCN(C(=O)c3ccccc3F)CC2)no1)C1CCCCC1.Cl. The molecule has 4 rings (SSSR count).